The van der Waals surface area contributed by atoms with E-state index < -0.39 is 5.97 Å². The fourth-order valence-electron chi connectivity index (χ4n) is 3.33. The molecular formula is C21H36NO2+. The molecule has 0 aromatic heterocycles. The number of hydrogen-bond acceptors (Lipinski definition) is 1. The van der Waals surface area contributed by atoms with E-state index in [2.05, 4.69) is 6.92 Å². The minimum Gasteiger partial charge on any atom is -0.477 e. The van der Waals surface area contributed by atoms with Crippen molar-refractivity contribution in [3.8, 4) is 0 Å². The highest BCUT2D eigenvalue weighted by atomic mass is 16.4. The van der Waals surface area contributed by atoms with Crippen molar-refractivity contribution in [1.29, 1.82) is 0 Å². The molecule has 0 fully saturated rings. The number of carbonyl (C=O) groups is 1. The SMILES string of the molecule is CCCCCCCCCCCC[N+](C)(CC(=O)O)c1ccccc1. The molecule has 1 atom stereocenters. The molecule has 0 bridgehead atoms. The summed E-state index contributed by atoms with van der Waals surface area (Å²) in [5.74, 6) is -0.728. The second-order valence-corrected chi connectivity index (χ2v) is 7.19. The molecule has 0 aliphatic heterocycles. The first-order chi connectivity index (χ1) is 11.6. The molecule has 0 aliphatic carbocycles. The predicted molar refractivity (Wildman–Crippen MR) is 103 cm³/mol. The first-order valence-corrected chi connectivity index (χ1v) is 9.70. The van der Waals surface area contributed by atoms with Crippen LogP contribution >= 0.6 is 0 Å². The van der Waals surface area contributed by atoms with Gasteiger partial charge in [-0.3, -0.25) is 4.48 Å². The van der Waals surface area contributed by atoms with Crippen molar-refractivity contribution >= 4 is 11.7 Å². The lowest BCUT2D eigenvalue weighted by Gasteiger charge is -2.32. The summed E-state index contributed by atoms with van der Waals surface area (Å²) in [6.45, 7) is 3.31. The summed E-state index contributed by atoms with van der Waals surface area (Å²) in [5, 5.41) is 9.26. The molecule has 1 unspecified atom stereocenters. The molecule has 0 amide bonds. The molecule has 136 valence electrons. The molecule has 0 radical (unpaired) electrons. The van der Waals surface area contributed by atoms with Crippen LogP contribution in [0.3, 0.4) is 0 Å². The summed E-state index contributed by atoms with van der Waals surface area (Å²) in [6.07, 6.45) is 13.1. The van der Waals surface area contributed by atoms with Gasteiger partial charge in [-0.25, -0.2) is 4.79 Å². The Hall–Kier alpha value is -1.35. The molecule has 1 aromatic rings. The van der Waals surface area contributed by atoms with Gasteiger partial charge in [0.15, 0.2) is 6.54 Å². The van der Waals surface area contributed by atoms with E-state index in [-0.39, 0.29) is 6.54 Å². The Morgan fingerprint density at radius 1 is 0.875 bits per heavy atom. The number of aliphatic carboxylic acids is 1. The van der Waals surface area contributed by atoms with Crippen LogP contribution in [-0.4, -0.2) is 31.2 Å². The van der Waals surface area contributed by atoms with Gasteiger partial charge in [-0.05, 0) is 25.0 Å². The van der Waals surface area contributed by atoms with E-state index in [4.69, 9.17) is 0 Å². The molecule has 0 aliphatic rings. The third kappa shape index (κ3) is 8.49. The van der Waals surface area contributed by atoms with E-state index in [9.17, 15) is 9.90 Å². The smallest absolute Gasteiger partial charge is 0.359 e. The fourth-order valence-corrected chi connectivity index (χ4v) is 3.33. The lowest BCUT2D eigenvalue weighted by Crippen LogP contribution is -2.49. The van der Waals surface area contributed by atoms with Crippen LogP contribution in [0.15, 0.2) is 30.3 Å². The van der Waals surface area contributed by atoms with Crippen LogP contribution in [0.2, 0.25) is 0 Å². The molecule has 1 aromatic carbocycles. The average molecular weight is 335 g/mol. The molecule has 24 heavy (non-hydrogen) atoms. The van der Waals surface area contributed by atoms with Gasteiger partial charge in [-0.1, -0.05) is 76.5 Å². The Morgan fingerprint density at radius 2 is 1.38 bits per heavy atom. The molecule has 1 N–H and O–H groups in total. The van der Waals surface area contributed by atoms with E-state index in [1.54, 1.807) is 0 Å². The van der Waals surface area contributed by atoms with E-state index >= 15 is 0 Å². The summed E-state index contributed by atoms with van der Waals surface area (Å²) in [5.41, 5.74) is 1.09. The Balaban J connectivity index is 2.25. The number of carboxylic acid groups (broad SMARTS) is 1. The largest absolute Gasteiger partial charge is 0.477 e. The van der Waals surface area contributed by atoms with Crippen molar-refractivity contribution in [3.05, 3.63) is 30.3 Å². The second-order valence-electron chi connectivity index (χ2n) is 7.19. The summed E-state index contributed by atoms with van der Waals surface area (Å²) >= 11 is 0. The van der Waals surface area contributed by atoms with Gasteiger partial charge < -0.3 is 5.11 Å². The maximum absolute atomic E-state index is 11.3. The molecule has 0 saturated heterocycles. The van der Waals surface area contributed by atoms with Crippen molar-refractivity contribution in [2.45, 2.75) is 71.1 Å². The minimum absolute atomic E-state index is 0.154. The Morgan fingerprint density at radius 3 is 1.88 bits per heavy atom. The predicted octanol–water partition coefficient (Wildman–Crippen LogP) is 5.63. The monoisotopic (exact) mass is 334 g/mol. The Kier molecular flexibility index (Phi) is 10.4. The minimum atomic E-state index is -0.728. The summed E-state index contributed by atoms with van der Waals surface area (Å²) in [6, 6.07) is 10.0. The van der Waals surface area contributed by atoms with Gasteiger partial charge in [-0.15, -0.1) is 0 Å². The normalized spacial score (nSPS) is 13.6. The maximum Gasteiger partial charge on any atom is 0.359 e. The van der Waals surface area contributed by atoms with Crippen LogP contribution in [-0.2, 0) is 4.79 Å². The van der Waals surface area contributed by atoms with Crippen molar-refractivity contribution in [3.63, 3.8) is 0 Å². The van der Waals surface area contributed by atoms with Crippen LogP contribution in [0.4, 0.5) is 5.69 Å². The number of nitrogens with zero attached hydrogens (tertiary/aromatic N) is 1. The number of para-hydroxylation sites is 1. The van der Waals surface area contributed by atoms with E-state index in [1.165, 1.54) is 57.8 Å². The van der Waals surface area contributed by atoms with Gasteiger partial charge >= 0.3 is 5.97 Å². The number of carboxylic acids is 1. The summed E-state index contributed by atoms with van der Waals surface area (Å²) < 4.78 is 0.493. The maximum atomic E-state index is 11.3. The highest BCUT2D eigenvalue weighted by Gasteiger charge is 2.27. The highest BCUT2D eigenvalue weighted by Crippen LogP contribution is 2.22. The van der Waals surface area contributed by atoms with E-state index in [0.717, 1.165) is 18.7 Å². The molecule has 1 rings (SSSR count). The van der Waals surface area contributed by atoms with Crippen molar-refractivity contribution in [2.75, 3.05) is 20.1 Å². The number of benzene rings is 1. The Bertz CT molecular complexity index is 446. The van der Waals surface area contributed by atoms with Gasteiger partial charge in [0.2, 0.25) is 0 Å². The molecule has 3 nitrogen and oxygen atoms in total. The van der Waals surface area contributed by atoms with Crippen LogP contribution in [0.25, 0.3) is 0 Å². The van der Waals surface area contributed by atoms with Gasteiger partial charge in [0.25, 0.3) is 0 Å². The van der Waals surface area contributed by atoms with E-state index in [0.29, 0.717) is 4.48 Å². The highest BCUT2D eigenvalue weighted by molar-refractivity contribution is 5.72. The molecule has 0 spiro atoms. The third-order valence-corrected chi connectivity index (χ3v) is 4.87. The number of unbranched alkanes of at least 4 members (excludes halogenated alkanes) is 9. The van der Waals surface area contributed by atoms with Gasteiger partial charge in [0.05, 0.1) is 13.6 Å². The quantitative estimate of drug-likeness (QED) is 0.354. The average Bonchev–Trinajstić information content (AvgIpc) is 2.57. The fraction of sp³-hybridized carbons (Fsp3) is 0.667. The molecule has 0 saturated carbocycles. The third-order valence-electron chi connectivity index (χ3n) is 4.87. The van der Waals surface area contributed by atoms with Crippen molar-refractivity contribution < 1.29 is 9.90 Å². The van der Waals surface area contributed by atoms with Crippen LogP contribution < -0.4 is 4.48 Å². The number of likely N-dealkylation sites (N-methyl/N-ethyl adjacent to an activating group) is 1. The molecule has 0 heterocycles. The molecular weight excluding hydrogens is 298 g/mol. The lowest BCUT2D eigenvalue weighted by atomic mass is 10.1. The van der Waals surface area contributed by atoms with Crippen molar-refractivity contribution in [2.24, 2.45) is 0 Å². The van der Waals surface area contributed by atoms with Gasteiger partial charge in [-0.2, -0.15) is 0 Å². The topological polar surface area (TPSA) is 37.3 Å². The zero-order valence-corrected chi connectivity index (χ0v) is 15.7. The first kappa shape index (κ1) is 20.7. The molecule has 3 heteroatoms. The standard InChI is InChI=1S/C21H35NO2/c1-3-4-5-6-7-8-9-10-11-15-18-22(2,19-21(23)24)20-16-13-12-14-17-20/h12-14,16-17H,3-11,15,18-19H2,1-2H3/p+1. The van der Waals surface area contributed by atoms with Gasteiger partial charge in [0.1, 0.15) is 5.69 Å². The van der Waals surface area contributed by atoms with Crippen LogP contribution in [0.1, 0.15) is 71.1 Å². The second kappa shape index (κ2) is 12.1. The zero-order valence-electron chi connectivity index (χ0n) is 15.7. The summed E-state index contributed by atoms with van der Waals surface area (Å²) in [4.78, 5) is 11.3. The first-order valence-electron chi connectivity index (χ1n) is 9.70. The summed E-state index contributed by atoms with van der Waals surface area (Å²) in [7, 11) is 2.04. The van der Waals surface area contributed by atoms with Crippen molar-refractivity contribution in [1.82, 2.24) is 4.48 Å². The van der Waals surface area contributed by atoms with Gasteiger partial charge in [0, 0.05) is 0 Å². The number of rotatable bonds is 14. The Labute approximate surface area is 148 Å². The number of hydrogen-bond donors (Lipinski definition) is 1. The lowest BCUT2D eigenvalue weighted by molar-refractivity contribution is -0.137. The zero-order chi connectivity index (χ0) is 17.7. The van der Waals surface area contributed by atoms with Crippen LogP contribution in [0.5, 0.6) is 0 Å². The number of quaternary nitrogens is 1. The van der Waals surface area contributed by atoms with E-state index in [1.807, 2.05) is 37.4 Å². The van der Waals surface area contributed by atoms with Crippen LogP contribution in [0, 0.1) is 0 Å².